The normalized spacial score (nSPS) is 12.2. The minimum absolute atomic E-state index is 0. The number of phenols is 1. The number of aryl methyl sites for hydroxylation is 1. The van der Waals surface area contributed by atoms with Crippen LogP contribution in [0.2, 0.25) is 5.02 Å². The number of aromatic nitrogens is 1. The molecule has 0 spiro atoms. The quantitative estimate of drug-likeness (QED) is 0.616. The van der Waals surface area contributed by atoms with E-state index in [9.17, 15) is 9.90 Å². The molecule has 0 fully saturated rings. The van der Waals surface area contributed by atoms with E-state index < -0.39 is 0 Å². The van der Waals surface area contributed by atoms with E-state index in [0.29, 0.717) is 17.0 Å². The smallest absolute Gasteiger partial charge is 0.339 e. The van der Waals surface area contributed by atoms with E-state index in [0.717, 1.165) is 35.8 Å². The van der Waals surface area contributed by atoms with Gasteiger partial charge in [0.05, 0.1) is 10.6 Å². The Kier molecular flexibility index (Phi) is 6.39. The zero-order chi connectivity index (χ0) is 16.7. The maximum Gasteiger partial charge on any atom is 0.339 e. The average Bonchev–Trinajstić information content (AvgIpc) is 3.08. The van der Waals surface area contributed by atoms with Crippen LogP contribution in [0, 0.1) is 0 Å². The Labute approximate surface area is 167 Å². The first-order valence-corrected chi connectivity index (χ1v) is 8.16. The van der Waals surface area contributed by atoms with Gasteiger partial charge >= 0.3 is 5.63 Å². The van der Waals surface area contributed by atoms with E-state index in [1.54, 1.807) is 12.3 Å². The van der Waals surface area contributed by atoms with Crippen molar-refractivity contribution in [2.45, 2.75) is 25.8 Å². The number of phenolic OH excluding ortho intramolecular Hbond substituents is 1. The molecule has 1 aromatic carbocycles. The van der Waals surface area contributed by atoms with E-state index in [2.05, 4.69) is 10.3 Å². The molecular weight excluding hydrogens is 399 g/mol. The summed E-state index contributed by atoms with van der Waals surface area (Å²) in [5.41, 5.74) is 2.26. The second kappa shape index (κ2) is 8.16. The minimum atomic E-state index is -0.323. The van der Waals surface area contributed by atoms with Gasteiger partial charge < -0.3 is 14.8 Å². The summed E-state index contributed by atoms with van der Waals surface area (Å²) in [4.78, 5) is 16.4. The summed E-state index contributed by atoms with van der Waals surface area (Å²) < 4.78 is 5.53. The molecule has 1 aliphatic rings. The number of fused-ring (bicyclic) bond motifs is 3. The lowest BCUT2D eigenvalue weighted by Gasteiger charge is -2.13. The number of anilines is 1. The third-order valence-electron chi connectivity index (χ3n) is 4.40. The summed E-state index contributed by atoms with van der Waals surface area (Å²) in [5, 5.41) is 14.5. The molecule has 0 saturated heterocycles. The highest BCUT2D eigenvalue weighted by Crippen LogP contribution is 2.38. The number of benzene rings is 1. The van der Waals surface area contributed by atoms with Crippen molar-refractivity contribution < 1.29 is 9.52 Å². The van der Waals surface area contributed by atoms with Crippen LogP contribution in [0.25, 0.3) is 11.0 Å². The lowest BCUT2D eigenvalue weighted by Crippen LogP contribution is -2.09. The Hall–Kier alpha value is -1.95. The number of nitrogens with zero attached hydrogens (tertiary/aromatic N) is 1. The highest BCUT2D eigenvalue weighted by Gasteiger charge is 2.23. The molecule has 0 saturated carbocycles. The fourth-order valence-corrected chi connectivity index (χ4v) is 3.47. The molecule has 0 bridgehead atoms. The number of hydrogen-bond acceptors (Lipinski definition) is 5. The molecule has 0 aliphatic heterocycles. The molecule has 1 aliphatic carbocycles. The molecule has 0 atom stereocenters. The zero-order valence-corrected chi connectivity index (χ0v) is 16.0. The highest BCUT2D eigenvalue weighted by atomic mass is 35.5. The van der Waals surface area contributed by atoms with Gasteiger partial charge in [0.15, 0.2) is 0 Å². The number of aromatic hydroxyl groups is 1. The van der Waals surface area contributed by atoms with Crippen molar-refractivity contribution in [3.63, 3.8) is 0 Å². The van der Waals surface area contributed by atoms with Crippen LogP contribution in [0.4, 0.5) is 5.82 Å². The average molecular weight is 416 g/mol. The molecule has 26 heavy (non-hydrogen) atoms. The highest BCUT2D eigenvalue weighted by molar-refractivity contribution is 6.33. The second-order valence-corrected chi connectivity index (χ2v) is 6.24. The van der Waals surface area contributed by atoms with E-state index >= 15 is 0 Å². The van der Waals surface area contributed by atoms with Crippen LogP contribution in [-0.2, 0) is 19.4 Å². The molecule has 2 aromatic heterocycles. The lowest BCUT2D eigenvalue weighted by atomic mass is 10.0. The van der Waals surface area contributed by atoms with Gasteiger partial charge in [-0.1, -0.05) is 17.7 Å². The van der Waals surface area contributed by atoms with Crippen LogP contribution in [-0.4, -0.2) is 10.1 Å². The Balaban J connectivity index is 0.00000121. The second-order valence-electron chi connectivity index (χ2n) is 5.83. The number of rotatable bonds is 3. The standard InChI is InChI=1S/C18H15ClN2O3.2ClH/c19-14-8-12-10-4-3-5-11(10)18(23)24-17(12)13(16(14)22)9-21-15-6-1-2-7-20-15;;/h1-2,6-8,22H,3-5,9H2,(H,20,21);2*1H. The topological polar surface area (TPSA) is 75.4 Å². The summed E-state index contributed by atoms with van der Waals surface area (Å²) in [5.74, 6) is 0.585. The van der Waals surface area contributed by atoms with Crippen LogP contribution >= 0.6 is 36.4 Å². The molecule has 138 valence electrons. The van der Waals surface area contributed by atoms with Gasteiger partial charge in [-0.2, -0.15) is 0 Å². The van der Waals surface area contributed by atoms with Gasteiger partial charge in [0.2, 0.25) is 0 Å². The lowest BCUT2D eigenvalue weighted by molar-refractivity contribution is 0.466. The van der Waals surface area contributed by atoms with Gasteiger partial charge in [0, 0.05) is 23.7 Å². The zero-order valence-electron chi connectivity index (χ0n) is 13.6. The largest absolute Gasteiger partial charge is 0.506 e. The molecule has 2 N–H and O–H groups in total. The van der Waals surface area contributed by atoms with Gasteiger partial charge in [0.1, 0.15) is 17.2 Å². The molecule has 0 radical (unpaired) electrons. The summed E-state index contributed by atoms with van der Waals surface area (Å²) >= 11 is 6.20. The predicted octanol–water partition coefficient (Wildman–Crippen LogP) is 4.49. The molecular formula is C18H17Cl3N2O3. The van der Waals surface area contributed by atoms with Crippen molar-refractivity contribution in [1.29, 1.82) is 0 Å². The maximum atomic E-state index is 12.2. The van der Waals surface area contributed by atoms with Crippen molar-refractivity contribution in [3.8, 4) is 5.75 Å². The molecule has 3 aromatic rings. The molecule has 4 rings (SSSR count). The number of nitrogens with one attached hydrogen (secondary N) is 1. The SMILES string of the molecule is Cl.Cl.O=c1oc2c(CNc3ccccn3)c(O)c(Cl)cc2c2c1CCC2. The first-order valence-electron chi connectivity index (χ1n) is 7.79. The van der Waals surface area contributed by atoms with E-state index in [-0.39, 0.29) is 47.8 Å². The van der Waals surface area contributed by atoms with E-state index in [1.165, 1.54) is 0 Å². The first kappa shape index (κ1) is 20.4. The van der Waals surface area contributed by atoms with Crippen molar-refractivity contribution >= 4 is 53.2 Å². The summed E-state index contributed by atoms with van der Waals surface area (Å²) in [7, 11) is 0. The fraction of sp³-hybridized carbons (Fsp3) is 0.222. The van der Waals surface area contributed by atoms with Gasteiger partial charge in [-0.05, 0) is 43.0 Å². The van der Waals surface area contributed by atoms with Crippen LogP contribution < -0.4 is 10.9 Å². The molecule has 0 amide bonds. The minimum Gasteiger partial charge on any atom is -0.506 e. The summed E-state index contributed by atoms with van der Waals surface area (Å²) in [6.45, 7) is 0.252. The number of halogens is 3. The van der Waals surface area contributed by atoms with Crippen LogP contribution in [0.5, 0.6) is 5.75 Å². The Morgan fingerprint density at radius 3 is 2.73 bits per heavy atom. The Morgan fingerprint density at radius 2 is 2.00 bits per heavy atom. The van der Waals surface area contributed by atoms with Crippen LogP contribution in [0.1, 0.15) is 23.1 Å². The monoisotopic (exact) mass is 414 g/mol. The van der Waals surface area contributed by atoms with Gasteiger partial charge in [-0.15, -0.1) is 24.8 Å². The molecule has 5 nitrogen and oxygen atoms in total. The Bertz CT molecular complexity index is 991. The summed E-state index contributed by atoms with van der Waals surface area (Å²) in [6, 6.07) is 7.18. The molecule has 2 heterocycles. The molecule has 8 heteroatoms. The van der Waals surface area contributed by atoms with Crippen LogP contribution in [0.3, 0.4) is 0 Å². The van der Waals surface area contributed by atoms with Gasteiger partial charge in [-0.3, -0.25) is 0 Å². The Morgan fingerprint density at radius 1 is 1.23 bits per heavy atom. The van der Waals surface area contributed by atoms with Crippen molar-refractivity contribution in [3.05, 3.63) is 62.6 Å². The maximum absolute atomic E-state index is 12.2. The van der Waals surface area contributed by atoms with Crippen molar-refractivity contribution in [2.75, 3.05) is 5.32 Å². The first-order chi connectivity index (χ1) is 11.6. The van der Waals surface area contributed by atoms with E-state index in [1.807, 2.05) is 18.2 Å². The third kappa shape index (κ3) is 3.47. The van der Waals surface area contributed by atoms with E-state index in [4.69, 9.17) is 16.0 Å². The predicted molar refractivity (Wildman–Crippen MR) is 107 cm³/mol. The van der Waals surface area contributed by atoms with Crippen LogP contribution in [0.15, 0.2) is 39.7 Å². The number of hydrogen-bond donors (Lipinski definition) is 2. The molecule has 0 unspecified atom stereocenters. The fourth-order valence-electron chi connectivity index (χ4n) is 3.25. The summed E-state index contributed by atoms with van der Waals surface area (Å²) in [6.07, 6.45) is 4.16. The van der Waals surface area contributed by atoms with Gasteiger partial charge in [0.25, 0.3) is 0 Å². The van der Waals surface area contributed by atoms with Crippen molar-refractivity contribution in [2.24, 2.45) is 0 Å². The van der Waals surface area contributed by atoms with Gasteiger partial charge in [-0.25, -0.2) is 9.78 Å². The third-order valence-corrected chi connectivity index (χ3v) is 4.69. The van der Waals surface area contributed by atoms with Crippen molar-refractivity contribution in [1.82, 2.24) is 4.98 Å². The number of pyridine rings is 1.